The van der Waals surface area contributed by atoms with Crippen molar-refractivity contribution in [3.05, 3.63) is 23.5 Å². The SMILES string of the molecule is CCC(Nc1cccnc1Cl)C(=O)OC. The standard InChI is InChI=1S/C10H13ClN2O2/c1-3-7(10(14)15-2)13-8-5-4-6-12-9(8)11/h4-7,13H,3H2,1-2H3. The molecule has 1 N–H and O–H groups in total. The predicted octanol–water partition coefficient (Wildman–Crippen LogP) is 2.10. The average molecular weight is 229 g/mol. The van der Waals surface area contributed by atoms with Crippen LogP contribution in [0.2, 0.25) is 5.15 Å². The third-order valence-electron chi connectivity index (χ3n) is 1.98. The molecular formula is C10H13ClN2O2. The van der Waals surface area contributed by atoms with E-state index in [0.717, 1.165) is 0 Å². The van der Waals surface area contributed by atoms with Crippen molar-refractivity contribution in [1.82, 2.24) is 4.98 Å². The molecule has 0 saturated carbocycles. The number of anilines is 1. The number of hydrogen-bond donors (Lipinski definition) is 1. The van der Waals surface area contributed by atoms with Gasteiger partial charge in [0, 0.05) is 6.20 Å². The zero-order chi connectivity index (χ0) is 11.3. The number of halogens is 1. The second-order valence-electron chi connectivity index (χ2n) is 2.97. The molecule has 0 bridgehead atoms. The molecule has 1 heterocycles. The van der Waals surface area contributed by atoms with Crippen molar-refractivity contribution in [2.24, 2.45) is 0 Å². The van der Waals surface area contributed by atoms with Crippen LogP contribution in [0.1, 0.15) is 13.3 Å². The largest absolute Gasteiger partial charge is 0.467 e. The van der Waals surface area contributed by atoms with Crippen LogP contribution < -0.4 is 5.32 Å². The van der Waals surface area contributed by atoms with E-state index in [4.69, 9.17) is 11.6 Å². The summed E-state index contributed by atoms with van der Waals surface area (Å²) >= 11 is 5.85. The van der Waals surface area contributed by atoms with Crippen molar-refractivity contribution in [2.45, 2.75) is 19.4 Å². The van der Waals surface area contributed by atoms with Gasteiger partial charge in [-0.3, -0.25) is 0 Å². The molecular weight excluding hydrogens is 216 g/mol. The van der Waals surface area contributed by atoms with E-state index in [1.165, 1.54) is 7.11 Å². The molecule has 0 saturated heterocycles. The summed E-state index contributed by atoms with van der Waals surface area (Å²) in [6.07, 6.45) is 2.21. The van der Waals surface area contributed by atoms with Gasteiger partial charge in [0.15, 0.2) is 5.15 Å². The van der Waals surface area contributed by atoms with E-state index < -0.39 is 6.04 Å². The Labute approximate surface area is 93.6 Å². The number of rotatable bonds is 4. The van der Waals surface area contributed by atoms with E-state index in [1.54, 1.807) is 18.3 Å². The lowest BCUT2D eigenvalue weighted by atomic mass is 10.2. The van der Waals surface area contributed by atoms with Gasteiger partial charge in [-0.15, -0.1) is 0 Å². The minimum atomic E-state index is -0.392. The zero-order valence-corrected chi connectivity index (χ0v) is 9.41. The maximum atomic E-state index is 11.3. The number of carbonyl (C=O) groups excluding carboxylic acids is 1. The summed E-state index contributed by atoms with van der Waals surface area (Å²) in [7, 11) is 1.36. The monoisotopic (exact) mass is 228 g/mol. The summed E-state index contributed by atoms with van der Waals surface area (Å²) < 4.78 is 4.65. The third kappa shape index (κ3) is 3.09. The number of methoxy groups -OCH3 is 1. The summed E-state index contributed by atoms with van der Waals surface area (Å²) in [5.74, 6) is -0.308. The maximum Gasteiger partial charge on any atom is 0.328 e. The highest BCUT2D eigenvalue weighted by atomic mass is 35.5. The van der Waals surface area contributed by atoms with Crippen LogP contribution in [0, 0.1) is 0 Å². The van der Waals surface area contributed by atoms with E-state index in [1.807, 2.05) is 6.92 Å². The summed E-state index contributed by atoms with van der Waals surface area (Å²) in [4.78, 5) is 15.2. The van der Waals surface area contributed by atoms with Gasteiger partial charge in [0.05, 0.1) is 12.8 Å². The van der Waals surface area contributed by atoms with E-state index >= 15 is 0 Å². The van der Waals surface area contributed by atoms with Crippen LogP contribution in [0.3, 0.4) is 0 Å². The maximum absolute atomic E-state index is 11.3. The van der Waals surface area contributed by atoms with Gasteiger partial charge in [-0.05, 0) is 18.6 Å². The number of nitrogens with zero attached hydrogens (tertiary/aromatic N) is 1. The fourth-order valence-corrected chi connectivity index (χ4v) is 1.33. The molecule has 1 rings (SSSR count). The number of nitrogens with one attached hydrogen (secondary N) is 1. The minimum absolute atomic E-state index is 0.308. The number of pyridine rings is 1. The van der Waals surface area contributed by atoms with E-state index in [9.17, 15) is 4.79 Å². The molecule has 15 heavy (non-hydrogen) atoms. The lowest BCUT2D eigenvalue weighted by Gasteiger charge is -2.15. The van der Waals surface area contributed by atoms with Gasteiger partial charge in [0.2, 0.25) is 0 Å². The van der Waals surface area contributed by atoms with Gasteiger partial charge in [0.25, 0.3) is 0 Å². The van der Waals surface area contributed by atoms with Crippen LogP contribution in [0.15, 0.2) is 18.3 Å². The number of esters is 1. The molecule has 1 aromatic rings. The molecule has 0 aliphatic heterocycles. The van der Waals surface area contributed by atoms with Crippen LogP contribution >= 0.6 is 11.6 Å². The molecule has 4 nitrogen and oxygen atoms in total. The molecule has 0 spiro atoms. The topological polar surface area (TPSA) is 51.2 Å². The van der Waals surface area contributed by atoms with Crippen molar-refractivity contribution in [3.63, 3.8) is 0 Å². The van der Waals surface area contributed by atoms with E-state index in [0.29, 0.717) is 17.3 Å². The molecule has 0 amide bonds. The molecule has 0 aromatic carbocycles. The van der Waals surface area contributed by atoms with Crippen molar-refractivity contribution >= 4 is 23.3 Å². The number of ether oxygens (including phenoxy) is 1. The normalized spacial score (nSPS) is 11.9. The second-order valence-corrected chi connectivity index (χ2v) is 3.33. The Morgan fingerprint density at radius 1 is 1.73 bits per heavy atom. The molecule has 1 aromatic heterocycles. The van der Waals surface area contributed by atoms with Crippen LogP contribution in [-0.4, -0.2) is 24.1 Å². The Hall–Kier alpha value is -1.29. The fraction of sp³-hybridized carbons (Fsp3) is 0.400. The molecule has 0 aliphatic carbocycles. The highest BCUT2D eigenvalue weighted by Gasteiger charge is 2.17. The van der Waals surface area contributed by atoms with Gasteiger partial charge >= 0.3 is 5.97 Å². The summed E-state index contributed by atoms with van der Waals surface area (Å²) in [6, 6.07) is 3.12. The summed E-state index contributed by atoms with van der Waals surface area (Å²) in [5.41, 5.74) is 0.636. The van der Waals surface area contributed by atoms with Crippen LogP contribution in [0.5, 0.6) is 0 Å². The predicted molar refractivity (Wildman–Crippen MR) is 59.0 cm³/mol. The Morgan fingerprint density at radius 2 is 2.47 bits per heavy atom. The first kappa shape index (κ1) is 11.8. The highest BCUT2D eigenvalue weighted by molar-refractivity contribution is 6.32. The second kappa shape index (κ2) is 5.56. The molecule has 1 unspecified atom stereocenters. The zero-order valence-electron chi connectivity index (χ0n) is 8.66. The number of aromatic nitrogens is 1. The van der Waals surface area contributed by atoms with Crippen molar-refractivity contribution in [2.75, 3.05) is 12.4 Å². The quantitative estimate of drug-likeness (QED) is 0.634. The van der Waals surface area contributed by atoms with Gasteiger partial charge < -0.3 is 10.1 Å². The first-order chi connectivity index (χ1) is 7.19. The van der Waals surface area contributed by atoms with Crippen LogP contribution in [0.25, 0.3) is 0 Å². The van der Waals surface area contributed by atoms with Gasteiger partial charge in [-0.25, -0.2) is 9.78 Å². The third-order valence-corrected chi connectivity index (χ3v) is 2.28. The lowest BCUT2D eigenvalue weighted by molar-refractivity contribution is -0.141. The van der Waals surface area contributed by atoms with Crippen LogP contribution in [-0.2, 0) is 9.53 Å². The Bertz CT molecular complexity index is 344. The van der Waals surface area contributed by atoms with Crippen LogP contribution in [0.4, 0.5) is 5.69 Å². The van der Waals surface area contributed by atoms with Gasteiger partial charge in [0.1, 0.15) is 6.04 Å². The molecule has 0 radical (unpaired) electrons. The molecule has 1 atom stereocenters. The molecule has 82 valence electrons. The number of hydrogen-bond acceptors (Lipinski definition) is 4. The fourth-order valence-electron chi connectivity index (χ4n) is 1.15. The van der Waals surface area contributed by atoms with Crippen molar-refractivity contribution in [1.29, 1.82) is 0 Å². The van der Waals surface area contributed by atoms with Gasteiger partial charge in [-0.2, -0.15) is 0 Å². The first-order valence-electron chi connectivity index (χ1n) is 4.64. The molecule has 0 aliphatic rings. The summed E-state index contributed by atoms with van der Waals surface area (Å²) in [6.45, 7) is 1.89. The lowest BCUT2D eigenvalue weighted by Crippen LogP contribution is -2.29. The first-order valence-corrected chi connectivity index (χ1v) is 5.01. The smallest absolute Gasteiger partial charge is 0.328 e. The van der Waals surface area contributed by atoms with Crippen molar-refractivity contribution in [3.8, 4) is 0 Å². The van der Waals surface area contributed by atoms with E-state index in [2.05, 4.69) is 15.0 Å². The van der Waals surface area contributed by atoms with Gasteiger partial charge in [-0.1, -0.05) is 18.5 Å². The highest BCUT2D eigenvalue weighted by Crippen LogP contribution is 2.19. The Balaban J connectivity index is 2.75. The van der Waals surface area contributed by atoms with E-state index in [-0.39, 0.29) is 5.97 Å². The summed E-state index contributed by atoms with van der Waals surface area (Å²) in [5, 5.41) is 3.33. The minimum Gasteiger partial charge on any atom is -0.467 e. The van der Waals surface area contributed by atoms with Crippen molar-refractivity contribution < 1.29 is 9.53 Å². The Kier molecular flexibility index (Phi) is 4.37. The molecule has 0 fully saturated rings. The number of carbonyl (C=O) groups is 1. The average Bonchev–Trinajstić information content (AvgIpc) is 2.27. The molecule has 5 heteroatoms. The Morgan fingerprint density at radius 3 is 3.00 bits per heavy atom.